The van der Waals surface area contributed by atoms with E-state index in [-0.39, 0.29) is 29.1 Å². The van der Waals surface area contributed by atoms with Gasteiger partial charge < -0.3 is 10.2 Å². The Morgan fingerprint density at radius 2 is 1.53 bits per heavy atom. The van der Waals surface area contributed by atoms with Gasteiger partial charge in [-0.1, -0.05) is 83.9 Å². The Bertz CT molecular complexity index is 1700. The minimum atomic E-state index is -4.28. The fourth-order valence-electron chi connectivity index (χ4n) is 4.75. The molecule has 0 spiro atoms. The van der Waals surface area contributed by atoms with Crippen LogP contribution in [-0.2, 0) is 32.6 Å². The molecule has 0 aliphatic heterocycles. The fourth-order valence-corrected chi connectivity index (χ4v) is 6.39. The molecule has 4 rings (SSSR count). The van der Waals surface area contributed by atoms with Crippen molar-refractivity contribution >= 4 is 39.1 Å². The van der Waals surface area contributed by atoms with Crippen LogP contribution in [0.25, 0.3) is 0 Å². The molecule has 1 N–H and O–H groups in total. The molecule has 1 unspecified atom stereocenters. The lowest BCUT2D eigenvalue weighted by Crippen LogP contribution is -2.53. The summed E-state index contributed by atoms with van der Waals surface area (Å²) < 4.78 is 44.1. The molecule has 0 saturated heterocycles. The number of likely N-dealkylation sites (N-methyl/N-ethyl adjacent to an activating group) is 1. The van der Waals surface area contributed by atoms with E-state index in [1.165, 1.54) is 42.3 Å². The summed E-state index contributed by atoms with van der Waals surface area (Å²) in [6, 6.07) is 25.1. The second-order valence-electron chi connectivity index (χ2n) is 10.1. The van der Waals surface area contributed by atoms with E-state index in [4.69, 9.17) is 11.6 Å². The standard InChI is InChI=1S/C33H33ClFN3O4S/c1-23-16-18-27(19-17-23)43(41,42)38(30-15-9-13-28(34)24(30)2)22-32(39)37(21-26-12-7-8-14-29(26)35)31(33(40)36-3)20-25-10-5-4-6-11-25/h4-19,31H,20-22H2,1-3H3,(H,36,40). The van der Waals surface area contributed by atoms with E-state index >= 15 is 0 Å². The number of amides is 2. The third kappa shape index (κ3) is 7.42. The van der Waals surface area contributed by atoms with E-state index in [0.717, 1.165) is 15.4 Å². The molecule has 224 valence electrons. The van der Waals surface area contributed by atoms with Crippen molar-refractivity contribution in [3.63, 3.8) is 0 Å². The van der Waals surface area contributed by atoms with Crippen LogP contribution in [0.5, 0.6) is 0 Å². The first-order chi connectivity index (χ1) is 20.5. The van der Waals surface area contributed by atoms with Gasteiger partial charge in [0, 0.05) is 30.6 Å². The minimum Gasteiger partial charge on any atom is -0.357 e. The van der Waals surface area contributed by atoms with Crippen molar-refractivity contribution in [3.8, 4) is 0 Å². The van der Waals surface area contributed by atoms with Crippen molar-refractivity contribution in [2.24, 2.45) is 0 Å². The zero-order chi connectivity index (χ0) is 31.1. The molecule has 4 aromatic rings. The first-order valence-electron chi connectivity index (χ1n) is 13.7. The molecule has 0 aliphatic carbocycles. The molecule has 0 heterocycles. The first kappa shape index (κ1) is 31.7. The Hall–Kier alpha value is -4.21. The molecule has 43 heavy (non-hydrogen) atoms. The zero-order valence-corrected chi connectivity index (χ0v) is 25.7. The number of carbonyl (C=O) groups is 2. The van der Waals surface area contributed by atoms with Gasteiger partial charge in [-0.15, -0.1) is 0 Å². The lowest BCUT2D eigenvalue weighted by molar-refractivity contribution is -0.139. The molecule has 2 amide bonds. The number of benzene rings is 4. The predicted octanol–water partition coefficient (Wildman–Crippen LogP) is 5.68. The maximum atomic E-state index is 14.9. The summed E-state index contributed by atoms with van der Waals surface area (Å²) >= 11 is 6.39. The quantitative estimate of drug-likeness (QED) is 0.234. The van der Waals surface area contributed by atoms with Gasteiger partial charge in [0.1, 0.15) is 18.4 Å². The van der Waals surface area contributed by atoms with E-state index in [9.17, 15) is 22.4 Å². The van der Waals surface area contributed by atoms with E-state index < -0.39 is 40.2 Å². The lowest BCUT2D eigenvalue weighted by Gasteiger charge is -2.34. The van der Waals surface area contributed by atoms with Crippen molar-refractivity contribution in [1.82, 2.24) is 10.2 Å². The summed E-state index contributed by atoms with van der Waals surface area (Å²) in [5, 5.41) is 2.93. The van der Waals surface area contributed by atoms with Crippen LogP contribution in [-0.4, -0.2) is 44.8 Å². The van der Waals surface area contributed by atoms with E-state index in [0.29, 0.717) is 10.6 Å². The molecule has 0 fully saturated rings. The van der Waals surface area contributed by atoms with Crippen LogP contribution < -0.4 is 9.62 Å². The highest BCUT2D eigenvalue weighted by atomic mass is 35.5. The van der Waals surface area contributed by atoms with Crippen molar-refractivity contribution in [1.29, 1.82) is 0 Å². The smallest absolute Gasteiger partial charge is 0.264 e. The molecular formula is C33H33ClFN3O4S. The van der Waals surface area contributed by atoms with Gasteiger partial charge >= 0.3 is 0 Å². The van der Waals surface area contributed by atoms with Crippen molar-refractivity contribution in [2.75, 3.05) is 17.9 Å². The van der Waals surface area contributed by atoms with Gasteiger partial charge in [-0.05, 0) is 55.3 Å². The Kier molecular flexibility index (Phi) is 10.2. The number of rotatable bonds is 11. The molecule has 0 saturated carbocycles. The van der Waals surface area contributed by atoms with Crippen molar-refractivity contribution in [2.45, 2.75) is 37.8 Å². The van der Waals surface area contributed by atoms with Gasteiger partial charge in [-0.2, -0.15) is 0 Å². The predicted molar refractivity (Wildman–Crippen MR) is 167 cm³/mol. The van der Waals surface area contributed by atoms with E-state index in [1.54, 1.807) is 43.3 Å². The number of anilines is 1. The number of hydrogen-bond donors (Lipinski definition) is 1. The monoisotopic (exact) mass is 621 g/mol. The summed E-state index contributed by atoms with van der Waals surface area (Å²) in [6.45, 7) is 2.59. The first-order valence-corrected chi connectivity index (χ1v) is 15.5. The Labute approximate surface area is 257 Å². The molecule has 10 heteroatoms. The molecule has 0 radical (unpaired) electrons. The largest absolute Gasteiger partial charge is 0.357 e. The van der Waals surface area contributed by atoms with Crippen LogP contribution in [0, 0.1) is 19.7 Å². The zero-order valence-electron chi connectivity index (χ0n) is 24.1. The van der Waals surface area contributed by atoms with Gasteiger partial charge in [0.05, 0.1) is 10.6 Å². The van der Waals surface area contributed by atoms with E-state index in [1.807, 2.05) is 37.3 Å². The molecule has 0 bridgehead atoms. The Morgan fingerprint density at radius 1 is 0.884 bits per heavy atom. The van der Waals surface area contributed by atoms with Crippen LogP contribution in [0.2, 0.25) is 5.02 Å². The van der Waals surface area contributed by atoms with Crippen LogP contribution in [0.4, 0.5) is 10.1 Å². The normalized spacial score (nSPS) is 11.9. The molecular weight excluding hydrogens is 589 g/mol. The van der Waals surface area contributed by atoms with Gasteiger partial charge in [0.15, 0.2) is 0 Å². The minimum absolute atomic E-state index is 0.0157. The second kappa shape index (κ2) is 13.8. The SMILES string of the molecule is CNC(=O)C(Cc1ccccc1)N(Cc1ccccc1F)C(=O)CN(c1cccc(Cl)c1C)S(=O)(=O)c1ccc(C)cc1. The summed E-state index contributed by atoms with van der Waals surface area (Å²) in [6.07, 6.45) is 0.127. The van der Waals surface area contributed by atoms with Crippen LogP contribution >= 0.6 is 11.6 Å². The number of nitrogens with zero attached hydrogens (tertiary/aromatic N) is 2. The highest BCUT2D eigenvalue weighted by molar-refractivity contribution is 7.92. The number of hydrogen-bond acceptors (Lipinski definition) is 4. The number of sulfonamides is 1. The third-order valence-corrected chi connectivity index (χ3v) is 9.40. The second-order valence-corrected chi connectivity index (χ2v) is 12.4. The summed E-state index contributed by atoms with van der Waals surface area (Å²) in [5.41, 5.74) is 2.50. The Balaban J connectivity index is 1.83. The van der Waals surface area contributed by atoms with Gasteiger partial charge in [-0.25, -0.2) is 12.8 Å². The average molecular weight is 622 g/mol. The number of aryl methyl sites for hydroxylation is 1. The van der Waals surface area contributed by atoms with Crippen LogP contribution in [0.15, 0.2) is 102 Å². The highest BCUT2D eigenvalue weighted by Gasteiger charge is 2.35. The molecule has 7 nitrogen and oxygen atoms in total. The third-order valence-electron chi connectivity index (χ3n) is 7.21. The lowest BCUT2D eigenvalue weighted by atomic mass is 10.0. The average Bonchev–Trinajstić information content (AvgIpc) is 3.00. The molecule has 0 aromatic heterocycles. The maximum absolute atomic E-state index is 14.9. The van der Waals surface area contributed by atoms with Crippen molar-refractivity contribution < 1.29 is 22.4 Å². The van der Waals surface area contributed by atoms with Crippen molar-refractivity contribution in [3.05, 3.63) is 130 Å². The Morgan fingerprint density at radius 3 is 2.19 bits per heavy atom. The number of carbonyl (C=O) groups excluding carboxylic acids is 2. The summed E-state index contributed by atoms with van der Waals surface area (Å²) in [7, 11) is -2.82. The van der Waals surface area contributed by atoms with Gasteiger partial charge in [0.2, 0.25) is 11.8 Å². The topological polar surface area (TPSA) is 86.8 Å². The summed E-state index contributed by atoms with van der Waals surface area (Å²) in [4.78, 5) is 28.8. The molecule has 4 aromatic carbocycles. The van der Waals surface area contributed by atoms with Crippen LogP contribution in [0.1, 0.15) is 22.3 Å². The molecule has 1 atom stereocenters. The van der Waals surface area contributed by atoms with Gasteiger partial charge in [0.25, 0.3) is 10.0 Å². The molecule has 0 aliphatic rings. The number of nitrogens with one attached hydrogen (secondary N) is 1. The van der Waals surface area contributed by atoms with E-state index in [2.05, 4.69) is 5.32 Å². The fraction of sp³-hybridized carbons (Fsp3) is 0.212. The van der Waals surface area contributed by atoms with Crippen LogP contribution in [0.3, 0.4) is 0 Å². The maximum Gasteiger partial charge on any atom is 0.264 e. The highest BCUT2D eigenvalue weighted by Crippen LogP contribution is 2.31. The van der Waals surface area contributed by atoms with Gasteiger partial charge in [-0.3, -0.25) is 13.9 Å². The number of halogens is 2. The summed E-state index contributed by atoms with van der Waals surface area (Å²) in [5.74, 6) is -1.71.